The van der Waals surface area contributed by atoms with Crippen LogP contribution in [0.3, 0.4) is 0 Å². The third kappa shape index (κ3) is 2.67. The number of pyridine rings is 1. The molecule has 1 unspecified atom stereocenters. The zero-order valence-electron chi connectivity index (χ0n) is 13.5. The van der Waals surface area contributed by atoms with E-state index >= 15 is 0 Å². The van der Waals surface area contributed by atoms with Crippen molar-refractivity contribution in [2.75, 3.05) is 0 Å². The molecule has 23 heavy (non-hydrogen) atoms. The number of aromatic nitrogens is 2. The fourth-order valence-electron chi connectivity index (χ4n) is 3.40. The lowest BCUT2D eigenvalue weighted by molar-refractivity contribution is 0.464. The first-order chi connectivity index (χ1) is 11.2. The van der Waals surface area contributed by atoms with Crippen LogP contribution < -0.4 is 0 Å². The second-order valence-corrected chi connectivity index (χ2v) is 6.41. The van der Waals surface area contributed by atoms with Gasteiger partial charge in [0.15, 0.2) is 0 Å². The summed E-state index contributed by atoms with van der Waals surface area (Å²) < 4.78 is 6.01. The van der Waals surface area contributed by atoms with Gasteiger partial charge in [0.2, 0.25) is 5.89 Å². The van der Waals surface area contributed by atoms with Crippen molar-refractivity contribution in [1.29, 1.82) is 0 Å². The second kappa shape index (κ2) is 5.65. The molecule has 1 aliphatic carbocycles. The maximum absolute atomic E-state index is 6.01. The number of hydrogen-bond acceptors (Lipinski definition) is 3. The van der Waals surface area contributed by atoms with Crippen LogP contribution in [0.1, 0.15) is 40.5 Å². The molecule has 1 atom stereocenters. The minimum absolute atomic E-state index is 0.533. The van der Waals surface area contributed by atoms with Crippen molar-refractivity contribution in [3.63, 3.8) is 0 Å². The van der Waals surface area contributed by atoms with E-state index in [0.717, 1.165) is 42.0 Å². The molecule has 0 saturated heterocycles. The van der Waals surface area contributed by atoms with Crippen molar-refractivity contribution < 1.29 is 4.42 Å². The molecule has 0 saturated carbocycles. The predicted octanol–water partition coefficient (Wildman–Crippen LogP) is 4.63. The Hall–Kier alpha value is -2.42. The number of fused-ring (bicyclic) bond motifs is 1. The zero-order chi connectivity index (χ0) is 15.8. The standard InChI is InChI=1S/C20H20N2O/c1-13-5-3-7-15(11-13)16-8-9-18-17(12-16)22-20(23-18)19-14(2)6-4-10-21-19/h3-7,10-11,16H,8-9,12H2,1-2H3. The summed E-state index contributed by atoms with van der Waals surface area (Å²) in [4.78, 5) is 9.18. The highest BCUT2D eigenvalue weighted by Crippen LogP contribution is 2.35. The molecule has 2 heterocycles. The molecule has 1 aromatic carbocycles. The molecule has 0 bridgehead atoms. The molecule has 3 heteroatoms. The normalized spacial score (nSPS) is 17.0. The van der Waals surface area contributed by atoms with Gasteiger partial charge in [-0.15, -0.1) is 0 Å². The lowest BCUT2D eigenvalue weighted by atomic mass is 9.84. The number of nitrogens with zero attached hydrogens (tertiary/aromatic N) is 2. The first kappa shape index (κ1) is 14.2. The van der Waals surface area contributed by atoms with Crippen LogP contribution in [0.5, 0.6) is 0 Å². The van der Waals surface area contributed by atoms with E-state index in [1.807, 2.05) is 19.1 Å². The highest BCUT2D eigenvalue weighted by molar-refractivity contribution is 5.53. The molecule has 0 amide bonds. The summed E-state index contributed by atoms with van der Waals surface area (Å²) in [7, 11) is 0. The fraction of sp³-hybridized carbons (Fsp3) is 0.300. The van der Waals surface area contributed by atoms with E-state index in [-0.39, 0.29) is 0 Å². The molecule has 0 aliphatic heterocycles. The van der Waals surface area contributed by atoms with Crippen molar-refractivity contribution in [3.05, 3.63) is 70.7 Å². The third-order valence-electron chi connectivity index (χ3n) is 4.66. The largest absolute Gasteiger partial charge is 0.440 e. The van der Waals surface area contributed by atoms with E-state index in [1.54, 1.807) is 6.20 Å². The van der Waals surface area contributed by atoms with Crippen molar-refractivity contribution in [2.24, 2.45) is 0 Å². The van der Waals surface area contributed by atoms with Gasteiger partial charge in [0.1, 0.15) is 11.5 Å². The summed E-state index contributed by atoms with van der Waals surface area (Å²) in [6.45, 7) is 4.19. The van der Waals surface area contributed by atoms with Gasteiger partial charge in [0.25, 0.3) is 0 Å². The molecule has 3 aromatic rings. The van der Waals surface area contributed by atoms with Crippen LogP contribution in [0.15, 0.2) is 47.0 Å². The predicted molar refractivity (Wildman–Crippen MR) is 90.4 cm³/mol. The molecule has 0 fully saturated rings. The number of rotatable bonds is 2. The molecule has 2 aromatic heterocycles. The quantitative estimate of drug-likeness (QED) is 0.693. The summed E-state index contributed by atoms with van der Waals surface area (Å²) in [5.74, 6) is 2.23. The first-order valence-electron chi connectivity index (χ1n) is 8.18. The van der Waals surface area contributed by atoms with Gasteiger partial charge in [-0.3, -0.25) is 4.98 Å². The third-order valence-corrected chi connectivity index (χ3v) is 4.66. The van der Waals surface area contributed by atoms with E-state index in [9.17, 15) is 0 Å². The summed E-state index contributed by atoms with van der Waals surface area (Å²) in [5, 5.41) is 0. The molecule has 0 radical (unpaired) electrons. The maximum atomic E-state index is 6.01. The Kier molecular flexibility index (Phi) is 3.49. The Morgan fingerprint density at radius 2 is 2.04 bits per heavy atom. The van der Waals surface area contributed by atoms with E-state index in [1.165, 1.54) is 11.1 Å². The number of benzene rings is 1. The average molecular weight is 304 g/mol. The van der Waals surface area contributed by atoms with Gasteiger partial charge >= 0.3 is 0 Å². The SMILES string of the molecule is Cc1cccc(C2CCc3oc(-c4ncccc4C)nc3C2)c1. The van der Waals surface area contributed by atoms with E-state index in [2.05, 4.69) is 36.2 Å². The number of aryl methyl sites for hydroxylation is 3. The Balaban J connectivity index is 1.65. The van der Waals surface area contributed by atoms with Gasteiger partial charge in [-0.2, -0.15) is 0 Å². The van der Waals surface area contributed by atoms with E-state index in [4.69, 9.17) is 9.40 Å². The van der Waals surface area contributed by atoms with Crippen LogP contribution in [0.4, 0.5) is 0 Å². The van der Waals surface area contributed by atoms with Crippen LogP contribution in [-0.2, 0) is 12.8 Å². The minimum atomic E-state index is 0.533. The molecule has 0 N–H and O–H groups in total. The van der Waals surface area contributed by atoms with Crippen molar-refractivity contribution >= 4 is 0 Å². The summed E-state index contributed by atoms with van der Waals surface area (Å²) in [6, 6.07) is 12.8. The monoisotopic (exact) mass is 304 g/mol. The van der Waals surface area contributed by atoms with E-state index in [0.29, 0.717) is 11.8 Å². The number of hydrogen-bond donors (Lipinski definition) is 0. The van der Waals surface area contributed by atoms with Crippen LogP contribution in [0.2, 0.25) is 0 Å². The summed E-state index contributed by atoms with van der Waals surface area (Å²) >= 11 is 0. The van der Waals surface area contributed by atoms with Crippen molar-refractivity contribution in [2.45, 2.75) is 39.0 Å². The Morgan fingerprint density at radius 1 is 1.13 bits per heavy atom. The Bertz CT molecular complexity index is 850. The van der Waals surface area contributed by atoms with Gasteiger partial charge in [-0.05, 0) is 43.4 Å². The summed E-state index contributed by atoms with van der Waals surface area (Å²) in [5.41, 5.74) is 5.78. The van der Waals surface area contributed by atoms with Gasteiger partial charge in [-0.1, -0.05) is 35.9 Å². The molecular formula is C20H20N2O. The molecular weight excluding hydrogens is 284 g/mol. The molecule has 0 spiro atoms. The second-order valence-electron chi connectivity index (χ2n) is 6.41. The maximum Gasteiger partial charge on any atom is 0.245 e. The lowest BCUT2D eigenvalue weighted by Crippen LogP contribution is -2.12. The molecule has 1 aliphatic rings. The fourth-order valence-corrected chi connectivity index (χ4v) is 3.40. The van der Waals surface area contributed by atoms with Crippen molar-refractivity contribution in [1.82, 2.24) is 9.97 Å². The molecule has 116 valence electrons. The van der Waals surface area contributed by atoms with Crippen LogP contribution >= 0.6 is 0 Å². The van der Waals surface area contributed by atoms with Gasteiger partial charge in [0.05, 0.1) is 5.69 Å². The summed E-state index contributed by atoms with van der Waals surface area (Å²) in [6.07, 6.45) is 4.81. The van der Waals surface area contributed by atoms with Gasteiger partial charge in [0, 0.05) is 19.0 Å². The van der Waals surface area contributed by atoms with Crippen LogP contribution in [-0.4, -0.2) is 9.97 Å². The van der Waals surface area contributed by atoms with Crippen LogP contribution in [0, 0.1) is 13.8 Å². The Labute approximate surface area is 136 Å². The minimum Gasteiger partial charge on any atom is -0.440 e. The number of oxazole rings is 1. The zero-order valence-corrected chi connectivity index (χ0v) is 13.5. The van der Waals surface area contributed by atoms with Gasteiger partial charge < -0.3 is 4.42 Å². The lowest BCUT2D eigenvalue weighted by Gasteiger charge is -2.20. The Morgan fingerprint density at radius 3 is 2.87 bits per heavy atom. The van der Waals surface area contributed by atoms with Crippen LogP contribution in [0.25, 0.3) is 11.6 Å². The van der Waals surface area contributed by atoms with Gasteiger partial charge in [-0.25, -0.2) is 4.98 Å². The molecule has 4 rings (SSSR count). The smallest absolute Gasteiger partial charge is 0.245 e. The van der Waals surface area contributed by atoms with E-state index < -0.39 is 0 Å². The topological polar surface area (TPSA) is 38.9 Å². The van der Waals surface area contributed by atoms with Crippen molar-refractivity contribution in [3.8, 4) is 11.6 Å². The first-order valence-corrected chi connectivity index (χ1v) is 8.18. The molecule has 3 nitrogen and oxygen atoms in total. The average Bonchev–Trinajstić information content (AvgIpc) is 2.98. The highest BCUT2D eigenvalue weighted by atomic mass is 16.4. The highest BCUT2D eigenvalue weighted by Gasteiger charge is 2.26.